The minimum Gasteiger partial charge on any atom is -0.483 e. The van der Waals surface area contributed by atoms with E-state index in [1.54, 1.807) is 0 Å². The Labute approximate surface area is 125 Å². The van der Waals surface area contributed by atoms with Crippen molar-refractivity contribution in [1.29, 1.82) is 0 Å². The van der Waals surface area contributed by atoms with Crippen LogP contribution in [0.15, 0.2) is 18.2 Å². The minimum atomic E-state index is -0.913. The van der Waals surface area contributed by atoms with Gasteiger partial charge in [0.05, 0.1) is 6.42 Å². The fourth-order valence-corrected chi connectivity index (χ4v) is 1.99. The highest BCUT2D eigenvalue weighted by atomic mass is 16.5. The molecular weight excluding hydrogens is 270 g/mol. The van der Waals surface area contributed by atoms with Crippen LogP contribution in [0.2, 0.25) is 0 Å². The van der Waals surface area contributed by atoms with Crippen molar-refractivity contribution in [3.05, 3.63) is 29.3 Å². The van der Waals surface area contributed by atoms with Crippen LogP contribution < -0.4 is 4.74 Å². The molecule has 0 aliphatic carbocycles. The summed E-state index contributed by atoms with van der Waals surface area (Å²) in [7, 11) is 0. The predicted molar refractivity (Wildman–Crippen MR) is 80.5 cm³/mol. The average molecular weight is 293 g/mol. The van der Waals surface area contributed by atoms with Gasteiger partial charge < -0.3 is 14.7 Å². The Balaban J connectivity index is 2.65. The fourth-order valence-electron chi connectivity index (χ4n) is 1.99. The molecular formula is C16H23NO4. The smallest absolute Gasteiger partial charge is 0.305 e. The Bertz CT molecular complexity index is 511. The molecule has 116 valence electrons. The van der Waals surface area contributed by atoms with Gasteiger partial charge in [-0.05, 0) is 44.9 Å². The zero-order valence-corrected chi connectivity index (χ0v) is 13.0. The van der Waals surface area contributed by atoms with Crippen molar-refractivity contribution in [2.75, 3.05) is 13.2 Å². The van der Waals surface area contributed by atoms with Gasteiger partial charge in [-0.3, -0.25) is 9.59 Å². The molecule has 0 radical (unpaired) electrons. The molecule has 0 aliphatic rings. The number of hydrogen-bond acceptors (Lipinski definition) is 3. The maximum absolute atomic E-state index is 12.2. The summed E-state index contributed by atoms with van der Waals surface area (Å²) in [5, 5.41) is 8.73. The highest BCUT2D eigenvalue weighted by molar-refractivity contribution is 5.78. The number of ether oxygens (including phenoxy) is 1. The summed E-state index contributed by atoms with van der Waals surface area (Å²) < 4.78 is 5.58. The van der Waals surface area contributed by atoms with E-state index >= 15 is 0 Å². The van der Waals surface area contributed by atoms with Gasteiger partial charge in [-0.15, -0.1) is 0 Å². The van der Waals surface area contributed by atoms with Gasteiger partial charge in [0.2, 0.25) is 0 Å². The van der Waals surface area contributed by atoms with Gasteiger partial charge in [0, 0.05) is 12.6 Å². The number of amides is 1. The highest BCUT2D eigenvalue weighted by Gasteiger charge is 2.18. The zero-order valence-electron chi connectivity index (χ0n) is 13.0. The molecule has 1 N–H and O–H groups in total. The minimum absolute atomic E-state index is 0.0564. The zero-order chi connectivity index (χ0) is 16.0. The summed E-state index contributed by atoms with van der Waals surface area (Å²) in [6, 6.07) is 5.63. The Morgan fingerprint density at radius 1 is 1.29 bits per heavy atom. The summed E-state index contributed by atoms with van der Waals surface area (Å²) in [5.74, 6) is -0.429. The number of aliphatic carboxylic acids is 1. The van der Waals surface area contributed by atoms with Crippen molar-refractivity contribution < 1.29 is 19.4 Å². The van der Waals surface area contributed by atoms with Gasteiger partial charge in [-0.2, -0.15) is 0 Å². The lowest BCUT2D eigenvalue weighted by molar-refractivity contribution is -0.139. The van der Waals surface area contributed by atoms with Crippen LogP contribution >= 0.6 is 0 Å². The fraction of sp³-hybridized carbons (Fsp3) is 0.500. The van der Waals surface area contributed by atoms with Crippen molar-refractivity contribution >= 4 is 11.9 Å². The first-order valence-electron chi connectivity index (χ1n) is 7.03. The Kier molecular flexibility index (Phi) is 6.21. The second-order valence-corrected chi connectivity index (χ2v) is 5.31. The van der Waals surface area contributed by atoms with Crippen molar-refractivity contribution in [3.63, 3.8) is 0 Å². The molecule has 1 aromatic carbocycles. The molecule has 0 spiro atoms. The van der Waals surface area contributed by atoms with E-state index in [4.69, 9.17) is 9.84 Å². The summed E-state index contributed by atoms with van der Waals surface area (Å²) in [4.78, 5) is 24.3. The molecule has 0 aliphatic heterocycles. The van der Waals surface area contributed by atoms with Crippen molar-refractivity contribution in [3.8, 4) is 5.75 Å². The van der Waals surface area contributed by atoms with Gasteiger partial charge in [0.25, 0.3) is 5.91 Å². The monoisotopic (exact) mass is 293 g/mol. The average Bonchev–Trinajstić information content (AvgIpc) is 2.40. The standard InChI is InChI=1S/C16H23NO4/c1-11(2)17(9-8-16(19)20)15(18)10-21-14-7-5-6-12(3)13(14)4/h5-7,11H,8-10H2,1-4H3,(H,19,20). The Morgan fingerprint density at radius 2 is 1.95 bits per heavy atom. The third kappa shape index (κ3) is 5.10. The summed E-state index contributed by atoms with van der Waals surface area (Å²) in [5.41, 5.74) is 2.11. The predicted octanol–water partition coefficient (Wildman–Crippen LogP) is 2.39. The second kappa shape index (κ2) is 7.67. The lowest BCUT2D eigenvalue weighted by Gasteiger charge is -2.26. The number of rotatable bonds is 7. The number of hydrogen-bond donors (Lipinski definition) is 1. The van der Waals surface area contributed by atoms with E-state index < -0.39 is 5.97 Å². The van der Waals surface area contributed by atoms with Crippen LogP contribution in [0, 0.1) is 13.8 Å². The molecule has 0 fully saturated rings. The molecule has 1 rings (SSSR count). The van der Waals surface area contributed by atoms with Crippen LogP contribution in [0.5, 0.6) is 5.75 Å². The van der Waals surface area contributed by atoms with Gasteiger partial charge in [-0.1, -0.05) is 12.1 Å². The van der Waals surface area contributed by atoms with E-state index in [-0.39, 0.29) is 31.5 Å². The number of aryl methyl sites for hydroxylation is 1. The number of carboxylic acid groups (broad SMARTS) is 1. The number of carboxylic acids is 1. The molecule has 1 amide bonds. The number of benzene rings is 1. The molecule has 0 saturated heterocycles. The molecule has 0 saturated carbocycles. The van der Waals surface area contributed by atoms with Crippen LogP contribution in [0.1, 0.15) is 31.4 Å². The Hall–Kier alpha value is -2.04. The number of carbonyl (C=O) groups excluding carboxylic acids is 1. The lowest BCUT2D eigenvalue weighted by atomic mass is 10.1. The van der Waals surface area contributed by atoms with Crippen LogP contribution in [0.4, 0.5) is 0 Å². The first kappa shape index (κ1) is 17.0. The maximum atomic E-state index is 12.2. The van der Waals surface area contributed by atoms with E-state index in [9.17, 15) is 9.59 Å². The van der Waals surface area contributed by atoms with Gasteiger partial charge in [0.1, 0.15) is 5.75 Å². The summed E-state index contributed by atoms with van der Waals surface area (Å²) in [6.07, 6.45) is -0.0621. The normalized spacial score (nSPS) is 10.5. The quantitative estimate of drug-likeness (QED) is 0.838. The van der Waals surface area contributed by atoms with E-state index in [2.05, 4.69) is 0 Å². The molecule has 0 unspecified atom stereocenters. The van der Waals surface area contributed by atoms with E-state index in [1.165, 1.54) is 4.90 Å². The molecule has 0 bridgehead atoms. The summed E-state index contributed by atoms with van der Waals surface area (Å²) >= 11 is 0. The third-order valence-electron chi connectivity index (χ3n) is 3.42. The molecule has 0 aromatic heterocycles. The Morgan fingerprint density at radius 3 is 2.52 bits per heavy atom. The van der Waals surface area contributed by atoms with Crippen molar-refractivity contribution in [1.82, 2.24) is 4.90 Å². The van der Waals surface area contributed by atoms with Crippen LogP contribution in [0.3, 0.4) is 0 Å². The molecule has 0 atom stereocenters. The summed E-state index contributed by atoms with van der Waals surface area (Å²) in [6.45, 7) is 7.76. The first-order chi connectivity index (χ1) is 9.82. The van der Waals surface area contributed by atoms with Gasteiger partial charge in [-0.25, -0.2) is 0 Å². The maximum Gasteiger partial charge on any atom is 0.305 e. The number of nitrogens with zero attached hydrogens (tertiary/aromatic N) is 1. The lowest BCUT2D eigenvalue weighted by Crippen LogP contribution is -2.41. The molecule has 0 heterocycles. The number of carbonyl (C=O) groups is 2. The largest absolute Gasteiger partial charge is 0.483 e. The van der Waals surface area contributed by atoms with Crippen LogP contribution in [-0.4, -0.2) is 41.1 Å². The molecule has 5 nitrogen and oxygen atoms in total. The first-order valence-corrected chi connectivity index (χ1v) is 7.03. The second-order valence-electron chi connectivity index (χ2n) is 5.31. The van der Waals surface area contributed by atoms with E-state index in [0.717, 1.165) is 11.1 Å². The van der Waals surface area contributed by atoms with Crippen LogP contribution in [-0.2, 0) is 9.59 Å². The van der Waals surface area contributed by atoms with E-state index in [1.807, 2.05) is 45.9 Å². The van der Waals surface area contributed by atoms with Crippen molar-refractivity contribution in [2.45, 2.75) is 40.2 Å². The molecule has 1 aromatic rings. The SMILES string of the molecule is Cc1cccc(OCC(=O)N(CCC(=O)O)C(C)C)c1C. The van der Waals surface area contributed by atoms with Crippen LogP contribution in [0.25, 0.3) is 0 Å². The van der Waals surface area contributed by atoms with Gasteiger partial charge in [0.15, 0.2) is 6.61 Å². The third-order valence-corrected chi connectivity index (χ3v) is 3.42. The van der Waals surface area contributed by atoms with Crippen molar-refractivity contribution in [2.24, 2.45) is 0 Å². The van der Waals surface area contributed by atoms with Gasteiger partial charge >= 0.3 is 5.97 Å². The highest BCUT2D eigenvalue weighted by Crippen LogP contribution is 2.20. The van der Waals surface area contributed by atoms with E-state index in [0.29, 0.717) is 5.75 Å². The molecule has 21 heavy (non-hydrogen) atoms. The molecule has 5 heteroatoms. The topological polar surface area (TPSA) is 66.8 Å².